The van der Waals surface area contributed by atoms with Crippen LogP contribution in [0.5, 0.6) is 0 Å². The maximum atomic E-state index is 5.45. The summed E-state index contributed by atoms with van der Waals surface area (Å²) in [6.45, 7) is 7.43. The SMILES string of the molecule is CN1CCN(c2ccc(-c3nc(Nc4ccc(N5CCOCC5)cc4)nc4[nH]cnc34)cn2)CC1. The molecular formula is C25H29N9O. The molecule has 1 aromatic carbocycles. The van der Waals surface area contributed by atoms with Crippen LogP contribution in [0.15, 0.2) is 48.9 Å². The Balaban J connectivity index is 1.24. The normalized spacial score (nSPS) is 17.2. The highest BCUT2D eigenvalue weighted by molar-refractivity contribution is 5.88. The average Bonchev–Trinajstić information content (AvgIpc) is 3.39. The Hall–Kier alpha value is -3.76. The van der Waals surface area contributed by atoms with Crippen molar-refractivity contribution >= 4 is 34.3 Å². The third-order valence-electron chi connectivity index (χ3n) is 6.63. The van der Waals surface area contributed by atoms with Crippen LogP contribution in [0.1, 0.15) is 0 Å². The van der Waals surface area contributed by atoms with Gasteiger partial charge in [-0.25, -0.2) is 15.0 Å². The lowest BCUT2D eigenvalue weighted by molar-refractivity contribution is 0.122. The predicted molar refractivity (Wildman–Crippen MR) is 137 cm³/mol. The number of rotatable bonds is 5. The van der Waals surface area contributed by atoms with Crippen LogP contribution in [0.3, 0.4) is 0 Å². The van der Waals surface area contributed by atoms with Gasteiger partial charge in [-0.05, 0) is 43.4 Å². The Morgan fingerprint density at radius 2 is 1.66 bits per heavy atom. The number of morpholine rings is 1. The number of aromatic amines is 1. The predicted octanol–water partition coefficient (Wildman–Crippen LogP) is 2.75. The number of pyridine rings is 1. The summed E-state index contributed by atoms with van der Waals surface area (Å²) in [7, 11) is 2.15. The summed E-state index contributed by atoms with van der Waals surface area (Å²) in [5.41, 5.74) is 5.19. The number of nitrogens with one attached hydrogen (secondary N) is 2. The lowest BCUT2D eigenvalue weighted by Crippen LogP contribution is -2.44. The fourth-order valence-electron chi connectivity index (χ4n) is 4.55. The fraction of sp³-hybridized carbons (Fsp3) is 0.360. The van der Waals surface area contributed by atoms with Gasteiger partial charge in [0.05, 0.1) is 19.5 Å². The van der Waals surface area contributed by atoms with Gasteiger partial charge in [-0.2, -0.15) is 4.98 Å². The maximum absolute atomic E-state index is 5.45. The Morgan fingerprint density at radius 3 is 2.40 bits per heavy atom. The van der Waals surface area contributed by atoms with Gasteiger partial charge < -0.3 is 29.7 Å². The molecular weight excluding hydrogens is 442 g/mol. The van der Waals surface area contributed by atoms with E-state index in [0.29, 0.717) is 11.6 Å². The first-order chi connectivity index (χ1) is 17.2. The van der Waals surface area contributed by atoms with E-state index in [1.54, 1.807) is 6.33 Å². The molecule has 4 aromatic rings. The first-order valence-corrected chi connectivity index (χ1v) is 12.0. The summed E-state index contributed by atoms with van der Waals surface area (Å²) in [5.74, 6) is 1.51. The van der Waals surface area contributed by atoms with E-state index in [9.17, 15) is 0 Å². The summed E-state index contributed by atoms with van der Waals surface area (Å²) in [6.07, 6.45) is 3.53. The number of likely N-dealkylation sites (N-methyl/N-ethyl adjacent to an activating group) is 1. The lowest BCUT2D eigenvalue weighted by atomic mass is 10.2. The molecule has 10 nitrogen and oxygen atoms in total. The summed E-state index contributed by atoms with van der Waals surface area (Å²) in [4.78, 5) is 28.7. The van der Waals surface area contributed by atoms with Crippen molar-refractivity contribution < 1.29 is 4.74 Å². The third-order valence-corrected chi connectivity index (χ3v) is 6.63. The van der Waals surface area contributed by atoms with Crippen molar-refractivity contribution in [2.24, 2.45) is 0 Å². The zero-order valence-electron chi connectivity index (χ0n) is 19.8. The van der Waals surface area contributed by atoms with E-state index in [1.165, 1.54) is 5.69 Å². The largest absolute Gasteiger partial charge is 0.378 e. The van der Waals surface area contributed by atoms with E-state index >= 15 is 0 Å². The molecule has 2 fully saturated rings. The fourth-order valence-corrected chi connectivity index (χ4v) is 4.55. The monoisotopic (exact) mass is 471 g/mol. The molecule has 2 saturated heterocycles. The molecule has 3 aromatic heterocycles. The summed E-state index contributed by atoms with van der Waals surface area (Å²) in [6, 6.07) is 12.5. The molecule has 35 heavy (non-hydrogen) atoms. The minimum atomic E-state index is 0.513. The van der Waals surface area contributed by atoms with Crippen LogP contribution in [-0.4, -0.2) is 89.3 Å². The highest BCUT2D eigenvalue weighted by atomic mass is 16.5. The molecule has 2 aliphatic rings. The van der Waals surface area contributed by atoms with Gasteiger partial charge >= 0.3 is 0 Å². The summed E-state index contributed by atoms with van der Waals surface area (Å²) in [5, 5.41) is 3.35. The number of hydrogen-bond donors (Lipinski definition) is 2. The highest BCUT2D eigenvalue weighted by Crippen LogP contribution is 2.28. The van der Waals surface area contributed by atoms with Crippen LogP contribution in [0, 0.1) is 0 Å². The van der Waals surface area contributed by atoms with E-state index in [1.807, 2.05) is 6.20 Å². The number of hydrogen-bond acceptors (Lipinski definition) is 9. The quantitative estimate of drug-likeness (QED) is 0.455. The van der Waals surface area contributed by atoms with E-state index < -0.39 is 0 Å². The number of anilines is 4. The molecule has 180 valence electrons. The second-order valence-corrected chi connectivity index (χ2v) is 8.96. The van der Waals surface area contributed by atoms with Crippen molar-refractivity contribution in [2.75, 3.05) is 74.6 Å². The molecule has 0 spiro atoms. The number of benzene rings is 1. The zero-order valence-corrected chi connectivity index (χ0v) is 19.8. The Morgan fingerprint density at radius 1 is 0.857 bits per heavy atom. The van der Waals surface area contributed by atoms with E-state index in [2.05, 4.69) is 78.4 Å². The van der Waals surface area contributed by atoms with Crippen LogP contribution in [0.25, 0.3) is 22.4 Å². The van der Waals surface area contributed by atoms with Crippen molar-refractivity contribution in [2.45, 2.75) is 0 Å². The molecule has 0 radical (unpaired) electrons. The minimum Gasteiger partial charge on any atom is -0.378 e. The number of imidazole rings is 1. The number of fused-ring (bicyclic) bond motifs is 1. The van der Waals surface area contributed by atoms with E-state index in [-0.39, 0.29) is 0 Å². The number of aromatic nitrogens is 5. The highest BCUT2D eigenvalue weighted by Gasteiger charge is 2.17. The average molecular weight is 472 g/mol. The maximum Gasteiger partial charge on any atom is 0.229 e. The van der Waals surface area contributed by atoms with Gasteiger partial charge in [0.15, 0.2) is 5.65 Å². The lowest BCUT2D eigenvalue weighted by Gasteiger charge is -2.33. The molecule has 2 aliphatic heterocycles. The first-order valence-electron chi connectivity index (χ1n) is 12.0. The molecule has 0 amide bonds. The van der Waals surface area contributed by atoms with Gasteiger partial charge in [-0.15, -0.1) is 0 Å². The van der Waals surface area contributed by atoms with Crippen molar-refractivity contribution in [1.82, 2.24) is 29.8 Å². The molecule has 5 heterocycles. The molecule has 6 rings (SSSR count). The zero-order chi connectivity index (χ0) is 23.6. The van der Waals surface area contributed by atoms with E-state index in [0.717, 1.165) is 80.8 Å². The number of H-pyrrole nitrogens is 1. The first kappa shape index (κ1) is 21.8. The van der Waals surface area contributed by atoms with Crippen molar-refractivity contribution in [1.29, 1.82) is 0 Å². The second-order valence-electron chi connectivity index (χ2n) is 8.96. The number of ether oxygens (including phenoxy) is 1. The summed E-state index contributed by atoms with van der Waals surface area (Å²) >= 11 is 0. The van der Waals surface area contributed by atoms with Gasteiger partial charge in [0.25, 0.3) is 0 Å². The van der Waals surface area contributed by atoms with Crippen LogP contribution in [0.2, 0.25) is 0 Å². The molecule has 0 saturated carbocycles. The Labute approximate surface area is 204 Å². The Bertz CT molecular complexity index is 1270. The van der Waals surface area contributed by atoms with Gasteiger partial charge in [0.2, 0.25) is 5.95 Å². The van der Waals surface area contributed by atoms with Gasteiger partial charge in [0.1, 0.15) is 17.0 Å². The molecule has 10 heteroatoms. The number of nitrogens with zero attached hydrogens (tertiary/aromatic N) is 7. The van der Waals surface area contributed by atoms with Crippen molar-refractivity contribution in [3.8, 4) is 11.3 Å². The topological polar surface area (TPSA) is 98.3 Å². The third kappa shape index (κ3) is 4.62. The van der Waals surface area contributed by atoms with Crippen LogP contribution in [-0.2, 0) is 4.74 Å². The molecule has 0 aliphatic carbocycles. The molecule has 0 bridgehead atoms. The smallest absolute Gasteiger partial charge is 0.229 e. The molecule has 0 atom stereocenters. The van der Waals surface area contributed by atoms with Crippen molar-refractivity contribution in [3.63, 3.8) is 0 Å². The Kier molecular flexibility index (Phi) is 5.89. The molecule has 2 N–H and O–H groups in total. The molecule has 0 unspecified atom stereocenters. The minimum absolute atomic E-state index is 0.513. The van der Waals surface area contributed by atoms with Gasteiger partial charge in [0, 0.05) is 62.4 Å². The summed E-state index contributed by atoms with van der Waals surface area (Å²) < 4.78 is 5.45. The van der Waals surface area contributed by atoms with Gasteiger partial charge in [-0.1, -0.05) is 0 Å². The standard InChI is InChI=1S/C25H29N9O/c1-32-8-10-34(11-9-32)21-7-2-18(16-26-21)22-23-24(28-17-27-23)31-25(30-22)29-19-3-5-20(6-4-19)33-12-14-35-15-13-33/h2-7,16-17H,8-15H2,1H3,(H2,27,28,29,30,31). The van der Waals surface area contributed by atoms with Crippen molar-refractivity contribution in [3.05, 3.63) is 48.9 Å². The van der Waals surface area contributed by atoms with E-state index in [4.69, 9.17) is 14.7 Å². The second kappa shape index (κ2) is 9.47. The van der Waals surface area contributed by atoms with Crippen LogP contribution < -0.4 is 15.1 Å². The van der Waals surface area contributed by atoms with Gasteiger partial charge in [-0.3, -0.25) is 0 Å². The van der Waals surface area contributed by atoms with Crippen LogP contribution >= 0.6 is 0 Å². The number of piperazine rings is 1. The van der Waals surface area contributed by atoms with Crippen LogP contribution in [0.4, 0.5) is 23.1 Å².